The normalized spacial score (nSPS) is 12.8. The molecular weight excluding hydrogens is 788 g/mol. The minimum absolute atomic E-state index is 0.111. The smallest absolute Gasteiger partial charge is 0.426 e. The summed E-state index contributed by atoms with van der Waals surface area (Å²) in [6.07, 6.45) is 6.40. The van der Waals surface area contributed by atoms with Gasteiger partial charge in [0.2, 0.25) is 5.69 Å². The lowest BCUT2D eigenvalue weighted by Gasteiger charge is -2.09. The van der Waals surface area contributed by atoms with Crippen LogP contribution in [0.15, 0.2) is 91.2 Å². The first-order chi connectivity index (χ1) is 19.6. The third kappa shape index (κ3) is 4.53. The van der Waals surface area contributed by atoms with E-state index in [1.165, 1.54) is 33.7 Å². The monoisotopic (exact) mass is 800 g/mol. The molecule has 0 radical (unpaired) electrons. The Morgan fingerprint density at radius 1 is 0.878 bits per heavy atom. The molecule has 3 aromatic heterocycles. The van der Waals surface area contributed by atoms with Crippen molar-refractivity contribution in [2.75, 3.05) is 0 Å². The number of aromatic nitrogens is 3. The third-order valence-corrected chi connectivity index (χ3v) is 8.80. The van der Waals surface area contributed by atoms with Crippen LogP contribution in [-0.4, -0.2) is 42.5 Å². The first-order valence-corrected chi connectivity index (χ1v) is 15.1. The Hall–Kier alpha value is -3.32. The zero-order valence-corrected chi connectivity index (χ0v) is 27.2. The van der Waals surface area contributed by atoms with Gasteiger partial charge in [-0.25, -0.2) is 9.36 Å². The highest BCUT2D eigenvalue weighted by Crippen LogP contribution is 2.44. The Labute approximate surface area is 266 Å². The van der Waals surface area contributed by atoms with Crippen molar-refractivity contribution in [3.05, 3.63) is 114 Å². The van der Waals surface area contributed by atoms with Crippen LogP contribution in [0.25, 0.3) is 10.9 Å². The molecule has 4 heterocycles. The second kappa shape index (κ2) is 10.5. The van der Waals surface area contributed by atoms with E-state index in [1.54, 1.807) is 53.4 Å². The predicted molar refractivity (Wildman–Crippen MR) is 165 cm³/mol. The van der Waals surface area contributed by atoms with E-state index in [0.717, 1.165) is 0 Å². The summed E-state index contributed by atoms with van der Waals surface area (Å²) in [5.74, 6) is -1.89. The Morgan fingerprint density at radius 3 is 2.20 bits per heavy atom. The fraction of sp³-hybridized carbons (Fsp3) is 0.0345. The topological polar surface area (TPSA) is 96.2 Å². The zero-order valence-electron chi connectivity index (χ0n) is 20.9. The van der Waals surface area contributed by atoms with Crippen LogP contribution < -0.4 is 4.57 Å². The summed E-state index contributed by atoms with van der Waals surface area (Å²) in [5.41, 5.74) is 1.17. The molecule has 1 N–H and O–H groups in total. The molecule has 0 saturated carbocycles. The fourth-order valence-electron chi connectivity index (χ4n) is 4.86. The Morgan fingerprint density at radius 2 is 1.51 bits per heavy atom. The van der Waals surface area contributed by atoms with Gasteiger partial charge in [-0.15, -0.1) is 4.58 Å². The molecule has 202 valence electrons. The summed E-state index contributed by atoms with van der Waals surface area (Å²) in [4.78, 5) is 46.6. The van der Waals surface area contributed by atoms with Crippen molar-refractivity contribution in [3.8, 4) is 5.75 Å². The van der Waals surface area contributed by atoms with Crippen molar-refractivity contribution in [1.82, 2.24) is 9.55 Å². The highest BCUT2D eigenvalue weighted by molar-refractivity contribution is 9.11. The molecule has 1 amide bonds. The van der Waals surface area contributed by atoms with E-state index in [9.17, 15) is 19.5 Å². The van der Waals surface area contributed by atoms with Gasteiger partial charge in [0.15, 0.2) is 23.8 Å². The van der Waals surface area contributed by atoms with Crippen LogP contribution in [0.1, 0.15) is 36.8 Å². The molecule has 0 atom stereocenters. The molecule has 0 aliphatic carbocycles. The molecule has 1 aliphatic heterocycles. The van der Waals surface area contributed by atoms with Gasteiger partial charge in [0, 0.05) is 48.9 Å². The number of halogens is 4. The quantitative estimate of drug-likeness (QED) is 0.211. The molecule has 12 heteroatoms. The maximum atomic E-state index is 14.3. The third-order valence-electron chi connectivity index (χ3n) is 6.67. The molecule has 2 aromatic carbocycles. The second-order valence-electron chi connectivity index (χ2n) is 9.21. The number of benzene rings is 2. The number of ketones is 1. The van der Waals surface area contributed by atoms with Crippen molar-refractivity contribution in [1.29, 1.82) is 0 Å². The van der Waals surface area contributed by atoms with Gasteiger partial charge in [0.1, 0.15) is 18.2 Å². The first-order valence-electron chi connectivity index (χ1n) is 12.0. The number of Topliss-reactive ketones (excluding diaryl/α,β-unsaturated/α-hetero) is 1. The molecule has 41 heavy (non-hydrogen) atoms. The van der Waals surface area contributed by atoms with Crippen molar-refractivity contribution in [3.63, 3.8) is 0 Å². The molecule has 0 unspecified atom stereocenters. The van der Waals surface area contributed by atoms with E-state index < -0.39 is 17.6 Å². The van der Waals surface area contributed by atoms with Gasteiger partial charge in [-0.05, 0) is 68.3 Å². The molecule has 5 aromatic rings. The summed E-state index contributed by atoms with van der Waals surface area (Å²) >= 11 is 13.9. The maximum Gasteiger partial charge on any atom is 0.426 e. The van der Waals surface area contributed by atoms with Crippen LogP contribution in [0, 0.1) is 0 Å². The maximum absolute atomic E-state index is 14.3. The van der Waals surface area contributed by atoms with Gasteiger partial charge in [-0.2, -0.15) is 0 Å². The van der Waals surface area contributed by atoms with E-state index in [2.05, 4.69) is 68.7 Å². The van der Waals surface area contributed by atoms with Gasteiger partial charge in [0.05, 0.1) is 9.99 Å². The number of amides is 1. The van der Waals surface area contributed by atoms with E-state index in [1.807, 2.05) is 7.05 Å². The average molecular weight is 804 g/mol. The van der Waals surface area contributed by atoms with Gasteiger partial charge in [-0.3, -0.25) is 19.1 Å². The molecule has 0 bridgehead atoms. The molecule has 0 saturated heterocycles. The molecule has 0 fully saturated rings. The molecular formula is C29H16Br4N4O4+2. The lowest BCUT2D eigenvalue weighted by atomic mass is 10.1. The van der Waals surface area contributed by atoms with E-state index in [0.29, 0.717) is 40.0 Å². The van der Waals surface area contributed by atoms with Crippen LogP contribution >= 0.6 is 63.7 Å². The van der Waals surface area contributed by atoms with Crippen LogP contribution in [0.3, 0.4) is 0 Å². The minimum atomic E-state index is -0.533. The van der Waals surface area contributed by atoms with Crippen LogP contribution in [0.5, 0.6) is 5.75 Å². The van der Waals surface area contributed by atoms with E-state index in [-0.39, 0.29) is 28.3 Å². The highest BCUT2D eigenvalue weighted by Gasteiger charge is 2.49. The molecule has 1 aliphatic rings. The standard InChI is InChI=1S/C29H15Br4N4O4/c1-35-8-4-15(5-9-35)29(41)37-23-19(11-17(31)13-21(23)33)27(39)25(37)24-26(38)18-10-16(30)12-20(32)22(18)36(24)28(40)14-2-6-34-7-3-14/h2-13H,1H3/q+1/p+1. The number of carbonyl (C=O) groups is 3. The van der Waals surface area contributed by atoms with Crippen molar-refractivity contribution >= 4 is 104 Å². The van der Waals surface area contributed by atoms with E-state index >= 15 is 0 Å². The Kier molecular flexibility index (Phi) is 7.13. The number of aromatic hydroxyl groups is 1. The van der Waals surface area contributed by atoms with Crippen molar-refractivity contribution < 1.29 is 28.6 Å². The fourth-order valence-corrected chi connectivity index (χ4v) is 7.67. The molecule has 8 nitrogen and oxygen atoms in total. The molecule has 6 rings (SSSR count). The summed E-state index contributed by atoms with van der Waals surface area (Å²) in [7, 11) is 1.83. The number of aryl methyl sites for hydroxylation is 1. The summed E-state index contributed by atoms with van der Waals surface area (Å²) < 4.78 is 6.53. The first kappa shape index (κ1) is 27.8. The van der Waals surface area contributed by atoms with Gasteiger partial charge in [0.25, 0.3) is 17.4 Å². The van der Waals surface area contributed by atoms with Gasteiger partial charge in [-0.1, -0.05) is 31.9 Å². The van der Waals surface area contributed by atoms with Gasteiger partial charge >= 0.3 is 5.91 Å². The lowest BCUT2D eigenvalue weighted by Crippen LogP contribution is -2.30. The predicted octanol–water partition coefficient (Wildman–Crippen LogP) is 6.47. The number of carbonyl (C=O) groups excluding carboxylic acids is 3. The minimum Gasteiger partial charge on any atom is -0.505 e. The number of pyridine rings is 2. The number of fused-ring (bicyclic) bond motifs is 2. The number of hydrogen-bond acceptors (Lipinski definition) is 5. The number of rotatable bonds is 3. The second-order valence-corrected chi connectivity index (χ2v) is 12.8. The summed E-state index contributed by atoms with van der Waals surface area (Å²) in [6.45, 7) is 0. The molecule has 0 spiro atoms. The summed E-state index contributed by atoms with van der Waals surface area (Å²) in [6, 6.07) is 13.1. The largest absolute Gasteiger partial charge is 0.505 e. The van der Waals surface area contributed by atoms with E-state index in [4.69, 9.17) is 0 Å². The van der Waals surface area contributed by atoms with Crippen LogP contribution in [0.4, 0.5) is 5.69 Å². The number of nitrogens with zero attached hydrogens (tertiary/aromatic N) is 4. The van der Waals surface area contributed by atoms with Crippen LogP contribution in [-0.2, 0) is 7.05 Å². The zero-order chi connectivity index (χ0) is 29.2. The SMILES string of the molecule is C[n+]1ccc(C(=O)[N+]2=C(c3c(O)c4cc(Br)cc(Br)c4n3C(=O)c3ccncc3)C(=O)c3cc(Br)cc(Br)c32)cc1. The summed E-state index contributed by atoms with van der Waals surface area (Å²) in [5, 5.41) is 12.0. The Balaban J connectivity index is 1.76. The van der Waals surface area contributed by atoms with Crippen LogP contribution in [0.2, 0.25) is 0 Å². The van der Waals surface area contributed by atoms with Crippen molar-refractivity contribution in [2.24, 2.45) is 7.05 Å². The Bertz CT molecular complexity index is 2000. The average Bonchev–Trinajstić information content (AvgIpc) is 3.39. The number of hydrogen-bond donors (Lipinski definition) is 1. The lowest BCUT2D eigenvalue weighted by molar-refractivity contribution is -0.671. The van der Waals surface area contributed by atoms with Gasteiger partial charge < -0.3 is 5.11 Å². The highest BCUT2D eigenvalue weighted by atomic mass is 79.9. The van der Waals surface area contributed by atoms with Crippen molar-refractivity contribution in [2.45, 2.75) is 0 Å².